The van der Waals surface area contributed by atoms with Crippen molar-refractivity contribution in [2.45, 2.75) is 76.7 Å². The summed E-state index contributed by atoms with van der Waals surface area (Å²) in [6.07, 6.45) is 11.2. The van der Waals surface area contributed by atoms with Crippen molar-refractivity contribution in [2.24, 2.45) is 17.3 Å². The summed E-state index contributed by atoms with van der Waals surface area (Å²) in [6, 6.07) is 4.59. The molecule has 25 heavy (non-hydrogen) atoms. The third-order valence-corrected chi connectivity index (χ3v) is 8.32. The van der Waals surface area contributed by atoms with Gasteiger partial charge in [0.05, 0.1) is 17.3 Å². The van der Waals surface area contributed by atoms with Gasteiger partial charge in [0.1, 0.15) is 0 Å². The number of nitrogens with one attached hydrogen (secondary N) is 1. The van der Waals surface area contributed by atoms with E-state index in [9.17, 15) is 5.11 Å². The highest BCUT2D eigenvalue weighted by atomic mass is 16.3. The zero-order chi connectivity index (χ0) is 17.2. The van der Waals surface area contributed by atoms with Crippen molar-refractivity contribution >= 4 is 10.9 Å². The average molecular weight is 338 g/mol. The fourth-order valence-electron chi connectivity index (χ4n) is 7.04. The normalized spacial score (nSPS) is 39.9. The molecule has 1 aromatic carbocycles. The van der Waals surface area contributed by atoms with Gasteiger partial charge in [-0.25, -0.2) is 0 Å². The molecule has 3 unspecified atom stereocenters. The summed E-state index contributed by atoms with van der Waals surface area (Å²) in [5.74, 6) is 2.13. The summed E-state index contributed by atoms with van der Waals surface area (Å²) in [6.45, 7) is 4.62. The minimum Gasteiger partial charge on any atom is -0.389 e. The zero-order valence-electron chi connectivity index (χ0n) is 15.5. The number of hydrogen-bond donors (Lipinski definition) is 2. The molecule has 0 saturated heterocycles. The second kappa shape index (κ2) is 5.33. The number of aromatic amines is 1. The van der Waals surface area contributed by atoms with Gasteiger partial charge in [0.25, 0.3) is 0 Å². The minimum absolute atomic E-state index is 0.126. The van der Waals surface area contributed by atoms with E-state index >= 15 is 0 Å². The van der Waals surface area contributed by atoms with Crippen LogP contribution in [0.15, 0.2) is 18.3 Å². The Bertz CT molecular complexity index is 811. The third-order valence-electron chi connectivity index (χ3n) is 8.32. The van der Waals surface area contributed by atoms with E-state index in [1.165, 1.54) is 48.6 Å². The van der Waals surface area contributed by atoms with E-state index in [0.717, 1.165) is 25.2 Å². The average Bonchev–Trinajstić information content (AvgIpc) is 3.18. The lowest BCUT2D eigenvalue weighted by atomic mass is 9.53. The molecular weight excluding hydrogens is 308 g/mol. The van der Waals surface area contributed by atoms with Crippen molar-refractivity contribution in [2.75, 3.05) is 0 Å². The highest BCUT2D eigenvalue weighted by Gasteiger charge is 2.60. The molecular formula is C22H30N2O. The number of fused-ring (bicyclic) bond motifs is 7. The van der Waals surface area contributed by atoms with Gasteiger partial charge in [-0.15, -0.1) is 0 Å². The Balaban J connectivity index is 1.53. The van der Waals surface area contributed by atoms with Gasteiger partial charge in [0, 0.05) is 5.39 Å². The van der Waals surface area contributed by atoms with Crippen molar-refractivity contribution < 1.29 is 5.11 Å². The molecule has 5 atom stereocenters. The molecule has 0 aliphatic heterocycles. The van der Waals surface area contributed by atoms with Crippen LogP contribution in [0.5, 0.6) is 0 Å². The molecule has 5 rings (SSSR count). The van der Waals surface area contributed by atoms with Crippen molar-refractivity contribution in [3.63, 3.8) is 0 Å². The van der Waals surface area contributed by atoms with Gasteiger partial charge >= 0.3 is 0 Å². The first-order valence-electron chi connectivity index (χ1n) is 10.2. The number of benzene rings is 1. The number of hydrogen-bond acceptors (Lipinski definition) is 2. The van der Waals surface area contributed by atoms with Crippen LogP contribution in [-0.4, -0.2) is 20.9 Å². The highest BCUT2D eigenvalue weighted by molar-refractivity contribution is 5.83. The van der Waals surface area contributed by atoms with E-state index in [0.29, 0.717) is 11.8 Å². The van der Waals surface area contributed by atoms with Crippen LogP contribution in [0.3, 0.4) is 0 Å². The molecule has 0 spiro atoms. The number of aliphatic hydroxyl groups is 1. The zero-order valence-corrected chi connectivity index (χ0v) is 15.5. The molecule has 3 aliphatic carbocycles. The summed E-state index contributed by atoms with van der Waals surface area (Å²) in [5.41, 5.74) is 4.00. The Hall–Kier alpha value is -1.35. The summed E-state index contributed by atoms with van der Waals surface area (Å²) < 4.78 is 0. The van der Waals surface area contributed by atoms with Crippen LogP contribution >= 0.6 is 0 Å². The van der Waals surface area contributed by atoms with E-state index in [1.54, 1.807) is 5.56 Å². The molecule has 0 amide bonds. The Morgan fingerprint density at radius 3 is 2.96 bits per heavy atom. The molecule has 134 valence electrons. The standard InChI is InChI=1S/C22H30N2O/c1-3-10-22(25)12-9-19-17-5-4-15-14(16(17)8-11-21(19,22)2)6-7-20-18(15)13-23-24-20/h6-7,13,16-17,19,25H,3-5,8-12H2,1-2H3,(H,23,24)/t16?,17?,19?,21-,22-/m0/s1. The molecule has 3 aliphatic rings. The van der Waals surface area contributed by atoms with Crippen molar-refractivity contribution in [3.8, 4) is 0 Å². The highest BCUT2D eigenvalue weighted by Crippen LogP contribution is 2.65. The van der Waals surface area contributed by atoms with Crippen LogP contribution in [0.2, 0.25) is 0 Å². The minimum atomic E-state index is -0.424. The molecule has 0 bridgehead atoms. The van der Waals surface area contributed by atoms with E-state index in [1.807, 2.05) is 6.20 Å². The second-order valence-corrected chi connectivity index (χ2v) is 9.16. The van der Waals surface area contributed by atoms with Gasteiger partial charge in [-0.2, -0.15) is 5.10 Å². The smallest absolute Gasteiger partial charge is 0.0703 e. The van der Waals surface area contributed by atoms with Crippen molar-refractivity contribution in [1.29, 1.82) is 0 Å². The number of aryl methyl sites for hydroxylation is 1. The molecule has 1 aromatic heterocycles. The lowest BCUT2D eigenvalue weighted by Gasteiger charge is -2.53. The maximum Gasteiger partial charge on any atom is 0.0703 e. The van der Waals surface area contributed by atoms with Crippen LogP contribution in [0, 0.1) is 17.3 Å². The van der Waals surface area contributed by atoms with Crippen molar-refractivity contribution in [3.05, 3.63) is 29.5 Å². The molecule has 2 N–H and O–H groups in total. The quantitative estimate of drug-likeness (QED) is 0.814. The number of nitrogens with zero attached hydrogens (tertiary/aromatic N) is 1. The van der Waals surface area contributed by atoms with E-state index < -0.39 is 5.60 Å². The number of rotatable bonds is 2. The third kappa shape index (κ3) is 1.99. The van der Waals surface area contributed by atoms with Gasteiger partial charge in [0.2, 0.25) is 0 Å². The maximum absolute atomic E-state index is 11.4. The topological polar surface area (TPSA) is 48.9 Å². The Morgan fingerprint density at radius 2 is 2.12 bits per heavy atom. The second-order valence-electron chi connectivity index (χ2n) is 9.16. The lowest BCUT2D eigenvalue weighted by Crippen LogP contribution is -2.50. The Kier molecular flexibility index (Phi) is 3.38. The van der Waals surface area contributed by atoms with Gasteiger partial charge < -0.3 is 5.11 Å². The SMILES string of the molecule is CCC[C@]1(O)CCC2C3CCc4c(ccc5[nH]ncc45)C3CC[C@@]21C. The molecule has 2 saturated carbocycles. The summed E-state index contributed by atoms with van der Waals surface area (Å²) in [4.78, 5) is 0. The van der Waals surface area contributed by atoms with Crippen LogP contribution in [0.4, 0.5) is 0 Å². The monoisotopic (exact) mass is 338 g/mol. The van der Waals surface area contributed by atoms with Crippen LogP contribution in [0.1, 0.15) is 75.8 Å². The molecule has 2 aromatic rings. The van der Waals surface area contributed by atoms with Crippen molar-refractivity contribution in [1.82, 2.24) is 10.2 Å². The fourth-order valence-corrected chi connectivity index (χ4v) is 7.04. The summed E-state index contributed by atoms with van der Waals surface area (Å²) in [7, 11) is 0. The predicted octanol–water partition coefficient (Wildman–Crippen LogP) is 4.95. The van der Waals surface area contributed by atoms with Crippen LogP contribution < -0.4 is 0 Å². The van der Waals surface area contributed by atoms with Crippen LogP contribution in [0.25, 0.3) is 10.9 Å². The first kappa shape index (κ1) is 15.9. The first-order valence-corrected chi connectivity index (χ1v) is 10.2. The molecule has 2 fully saturated rings. The molecule has 1 heterocycles. The number of H-pyrrole nitrogens is 1. The first-order chi connectivity index (χ1) is 12.1. The maximum atomic E-state index is 11.4. The van der Waals surface area contributed by atoms with E-state index in [-0.39, 0.29) is 5.41 Å². The van der Waals surface area contributed by atoms with Gasteiger partial charge in [-0.3, -0.25) is 5.10 Å². The Labute approximate surface area is 150 Å². The molecule has 3 heteroatoms. The predicted molar refractivity (Wildman–Crippen MR) is 101 cm³/mol. The molecule has 3 nitrogen and oxygen atoms in total. The number of aromatic nitrogens is 2. The van der Waals surface area contributed by atoms with E-state index in [4.69, 9.17) is 0 Å². The van der Waals surface area contributed by atoms with Gasteiger partial charge in [-0.1, -0.05) is 26.3 Å². The summed E-state index contributed by atoms with van der Waals surface area (Å²) in [5, 5.41) is 20.1. The lowest BCUT2D eigenvalue weighted by molar-refractivity contribution is -0.107. The molecule has 0 radical (unpaired) electrons. The van der Waals surface area contributed by atoms with E-state index in [2.05, 4.69) is 36.2 Å². The van der Waals surface area contributed by atoms with Gasteiger partial charge in [-0.05, 0) is 85.3 Å². The van der Waals surface area contributed by atoms with Crippen LogP contribution in [-0.2, 0) is 6.42 Å². The fraction of sp³-hybridized carbons (Fsp3) is 0.682. The largest absolute Gasteiger partial charge is 0.389 e. The van der Waals surface area contributed by atoms with Gasteiger partial charge in [0.15, 0.2) is 0 Å². The summed E-state index contributed by atoms with van der Waals surface area (Å²) >= 11 is 0. The Morgan fingerprint density at radius 1 is 1.24 bits per heavy atom.